The zero-order valence-electron chi connectivity index (χ0n) is 20.3. The molecule has 36 heavy (non-hydrogen) atoms. The third-order valence-corrected chi connectivity index (χ3v) is 6.18. The summed E-state index contributed by atoms with van der Waals surface area (Å²) in [5.74, 6) is -0.550. The molecule has 3 aromatic carbocycles. The van der Waals surface area contributed by atoms with Gasteiger partial charge in [0.15, 0.2) is 11.5 Å². The van der Waals surface area contributed by atoms with Crippen molar-refractivity contribution in [2.45, 2.75) is 27.4 Å². The number of rotatable bonds is 6. The predicted octanol–water partition coefficient (Wildman–Crippen LogP) is 5.63. The van der Waals surface area contributed by atoms with Crippen molar-refractivity contribution >= 4 is 45.5 Å². The van der Waals surface area contributed by atoms with E-state index < -0.39 is 17.8 Å². The van der Waals surface area contributed by atoms with Crippen molar-refractivity contribution in [1.29, 1.82) is 0 Å². The van der Waals surface area contributed by atoms with Gasteiger partial charge >= 0.3 is 6.03 Å². The summed E-state index contributed by atoms with van der Waals surface area (Å²) in [6, 6.07) is 16.0. The van der Waals surface area contributed by atoms with Gasteiger partial charge in [0.1, 0.15) is 12.2 Å². The highest BCUT2D eigenvalue weighted by Gasteiger charge is 2.37. The van der Waals surface area contributed by atoms with E-state index in [0.29, 0.717) is 33.8 Å². The molecule has 0 saturated carbocycles. The number of hydrogen-bond acceptors (Lipinski definition) is 5. The first kappa shape index (κ1) is 25.2. The van der Waals surface area contributed by atoms with E-state index in [0.717, 1.165) is 27.2 Å². The maximum Gasteiger partial charge on any atom is 0.335 e. The van der Waals surface area contributed by atoms with Gasteiger partial charge in [-0.2, -0.15) is 0 Å². The number of imide groups is 2. The summed E-state index contributed by atoms with van der Waals surface area (Å²) in [5.41, 5.74) is 4.67. The molecule has 1 fully saturated rings. The Morgan fingerprint density at radius 2 is 1.67 bits per heavy atom. The number of aryl methyl sites for hydroxylation is 3. The molecular formula is C28H25BrN2O5. The Hall–Kier alpha value is -3.91. The second kappa shape index (κ2) is 10.4. The topological polar surface area (TPSA) is 84.9 Å². The molecule has 0 spiro atoms. The molecule has 1 heterocycles. The third kappa shape index (κ3) is 5.33. The SMILES string of the molecule is COc1cc(/C=C2\C(=O)NC(=O)N(c3cc(C)cc(C)c3)C2=O)cc(Br)c1OCc1cccc(C)c1. The average Bonchev–Trinajstić information content (AvgIpc) is 2.80. The van der Waals surface area contributed by atoms with Crippen LogP contribution in [0.5, 0.6) is 11.5 Å². The fourth-order valence-corrected chi connectivity index (χ4v) is 4.63. The van der Waals surface area contributed by atoms with Gasteiger partial charge in [0.2, 0.25) is 0 Å². The number of barbiturate groups is 1. The number of nitrogens with zero attached hydrogens (tertiary/aromatic N) is 1. The maximum atomic E-state index is 13.3. The van der Waals surface area contributed by atoms with Gasteiger partial charge in [-0.1, -0.05) is 35.9 Å². The van der Waals surface area contributed by atoms with Gasteiger partial charge in [0.25, 0.3) is 11.8 Å². The Kier molecular flexibility index (Phi) is 7.26. The molecule has 0 bridgehead atoms. The predicted molar refractivity (Wildman–Crippen MR) is 141 cm³/mol. The lowest BCUT2D eigenvalue weighted by molar-refractivity contribution is -0.122. The van der Waals surface area contributed by atoms with E-state index in [9.17, 15) is 14.4 Å². The van der Waals surface area contributed by atoms with Gasteiger partial charge in [-0.3, -0.25) is 14.9 Å². The highest BCUT2D eigenvalue weighted by molar-refractivity contribution is 9.10. The van der Waals surface area contributed by atoms with Crippen molar-refractivity contribution < 1.29 is 23.9 Å². The van der Waals surface area contributed by atoms with E-state index in [-0.39, 0.29) is 5.57 Å². The first-order valence-corrected chi connectivity index (χ1v) is 12.0. The highest BCUT2D eigenvalue weighted by Crippen LogP contribution is 2.38. The number of benzene rings is 3. The second-order valence-corrected chi connectivity index (χ2v) is 9.47. The van der Waals surface area contributed by atoms with Crippen LogP contribution in [0.3, 0.4) is 0 Å². The van der Waals surface area contributed by atoms with Crippen molar-refractivity contribution in [3.05, 3.63) is 92.5 Å². The number of carbonyl (C=O) groups excluding carboxylic acids is 3. The smallest absolute Gasteiger partial charge is 0.335 e. The number of ether oxygens (including phenoxy) is 2. The van der Waals surface area contributed by atoms with E-state index in [1.54, 1.807) is 24.3 Å². The maximum absolute atomic E-state index is 13.3. The number of urea groups is 1. The lowest BCUT2D eigenvalue weighted by Crippen LogP contribution is -2.54. The van der Waals surface area contributed by atoms with Gasteiger partial charge in [-0.05, 0) is 89.3 Å². The third-order valence-electron chi connectivity index (χ3n) is 5.59. The highest BCUT2D eigenvalue weighted by atomic mass is 79.9. The fourth-order valence-electron chi connectivity index (χ4n) is 4.06. The zero-order valence-corrected chi connectivity index (χ0v) is 21.9. The average molecular weight is 549 g/mol. The number of carbonyl (C=O) groups is 3. The van der Waals surface area contributed by atoms with Crippen LogP contribution in [0.25, 0.3) is 6.08 Å². The van der Waals surface area contributed by atoms with Gasteiger partial charge in [0, 0.05) is 0 Å². The minimum atomic E-state index is -0.786. The van der Waals surface area contributed by atoms with Gasteiger partial charge in [-0.25, -0.2) is 9.69 Å². The van der Waals surface area contributed by atoms with Crippen LogP contribution in [0.2, 0.25) is 0 Å². The van der Waals surface area contributed by atoms with Crippen LogP contribution < -0.4 is 19.7 Å². The van der Waals surface area contributed by atoms with Crippen LogP contribution >= 0.6 is 15.9 Å². The van der Waals surface area contributed by atoms with E-state index in [1.807, 2.05) is 51.1 Å². The molecule has 0 radical (unpaired) electrons. The first-order chi connectivity index (χ1) is 17.2. The molecule has 4 amide bonds. The molecule has 1 N–H and O–H groups in total. The fraction of sp³-hybridized carbons (Fsp3) is 0.179. The van der Waals surface area contributed by atoms with Gasteiger partial charge in [-0.15, -0.1) is 0 Å². The van der Waals surface area contributed by atoms with Crippen molar-refractivity contribution in [1.82, 2.24) is 5.32 Å². The van der Waals surface area contributed by atoms with E-state index >= 15 is 0 Å². The Morgan fingerprint density at radius 3 is 2.33 bits per heavy atom. The zero-order chi connectivity index (χ0) is 26.0. The molecule has 1 aliphatic rings. The summed E-state index contributed by atoms with van der Waals surface area (Å²) in [7, 11) is 1.51. The van der Waals surface area contributed by atoms with Crippen LogP contribution in [0, 0.1) is 20.8 Å². The van der Waals surface area contributed by atoms with E-state index in [2.05, 4.69) is 21.2 Å². The summed E-state index contributed by atoms with van der Waals surface area (Å²) in [6.07, 6.45) is 1.43. The minimum absolute atomic E-state index is 0.170. The van der Waals surface area contributed by atoms with Crippen molar-refractivity contribution in [3.8, 4) is 11.5 Å². The Labute approximate surface area is 217 Å². The van der Waals surface area contributed by atoms with Crippen molar-refractivity contribution in [3.63, 3.8) is 0 Å². The molecule has 0 atom stereocenters. The lowest BCUT2D eigenvalue weighted by Gasteiger charge is -2.27. The van der Waals surface area contributed by atoms with Crippen LogP contribution in [0.1, 0.15) is 27.8 Å². The molecule has 3 aromatic rings. The first-order valence-electron chi connectivity index (χ1n) is 11.2. The summed E-state index contributed by atoms with van der Waals surface area (Å²) in [6.45, 7) is 6.10. The molecule has 184 valence electrons. The van der Waals surface area contributed by atoms with Crippen LogP contribution in [0.4, 0.5) is 10.5 Å². The van der Waals surface area contributed by atoms with Gasteiger partial charge < -0.3 is 9.47 Å². The number of nitrogens with one attached hydrogen (secondary N) is 1. The molecule has 1 aliphatic heterocycles. The largest absolute Gasteiger partial charge is 0.493 e. The summed E-state index contributed by atoms with van der Waals surface area (Å²) in [5, 5.41) is 2.26. The molecular weight excluding hydrogens is 524 g/mol. The number of amides is 4. The number of methoxy groups -OCH3 is 1. The quantitative estimate of drug-likeness (QED) is 0.318. The number of anilines is 1. The van der Waals surface area contributed by atoms with Crippen LogP contribution in [0.15, 0.2) is 64.6 Å². The molecule has 0 aliphatic carbocycles. The standard InChI is InChI=1S/C28H25BrN2O5/c1-16-6-5-7-19(9-16)15-36-25-23(29)13-20(14-24(25)35-4)12-22-26(32)30-28(34)31(27(22)33)21-10-17(2)8-18(3)11-21/h5-14H,15H2,1-4H3,(H,30,32,34)/b22-12+. The summed E-state index contributed by atoms with van der Waals surface area (Å²) >= 11 is 3.51. The molecule has 0 aromatic heterocycles. The summed E-state index contributed by atoms with van der Waals surface area (Å²) in [4.78, 5) is 39.4. The lowest BCUT2D eigenvalue weighted by atomic mass is 10.0. The number of halogens is 1. The van der Waals surface area contributed by atoms with Gasteiger partial charge in [0.05, 0.1) is 17.3 Å². The van der Waals surface area contributed by atoms with Crippen LogP contribution in [-0.4, -0.2) is 25.0 Å². The van der Waals surface area contributed by atoms with E-state index in [1.165, 1.54) is 13.2 Å². The second-order valence-electron chi connectivity index (χ2n) is 8.62. The molecule has 8 heteroatoms. The molecule has 7 nitrogen and oxygen atoms in total. The number of hydrogen-bond donors (Lipinski definition) is 1. The molecule has 1 saturated heterocycles. The molecule has 4 rings (SSSR count). The van der Waals surface area contributed by atoms with Crippen molar-refractivity contribution in [2.75, 3.05) is 12.0 Å². The van der Waals surface area contributed by atoms with Crippen molar-refractivity contribution in [2.24, 2.45) is 0 Å². The monoisotopic (exact) mass is 548 g/mol. The van der Waals surface area contributed by atoms with Crippen LogP contribution in [-0.2, 0) is 16.2 Å². The summed E-state index contributed by atoms with van der Waals surface area (Å²) < 4.78 is 12.1. The Balaban J connectivity index is 1.66. The Morgan fingerprint density at radius 1 is 0.944 bits per heavy atom. The Bertz CT molecular complexity index is 1390. The minimum Gasteiger partial charge on any atom is -0.493 e. The normalized spacial score (nSPS) is 14.8. The molecule has 0 unspecified atom stereocenters. The van der Waals surface area contributed by atoms with E-state index in [4.69, 9.17) is 9.47 Å².